The summed E-state index contributed by atoms with van der Waals surface area (Å²) in [6, 6.07) is 18.3. The van der Waals surface area contributed by atoms with Crippen LogP contribution in [0, 0.1) is 6.92 Å². The molecule has 4 atom stereocenters. The van der Waals surface area contributed by atoms with E-state index in [0.717, 1.165) is 10.5 Å². The van der Waals surface area contributed by atoms with Gasteiger partial charge in [-0.1, -0.05) is 48.0 Å². The van der Waals surface area contributed by atoms with E-state index in [4.69, 9.17) is 14.2 Å². The van der Waals surface area contributed by atoms with E-state index in [1.54, 1.807) is 18.9 Å². The monoisotopic (exact) mass is 360 g/mol. The van der Waals surface area contributed by atoms with Gasteiger partial charge in [0.05, 0.1) is 24.6 Å². The van der Waals surface area contributed by atoms with E-state index in [1.165, 1.54) is 5.56 Å². The third-order valence-corrected chi connectivity index (χ3v) is 5.61. The van der Waals surface area contributed by atoms with Gasteiger partial charge in [0.25, 0.3) is 0 Å². The summed E-state index contributed by atoms with van der Waals surface area (Å²) in [5, 5.41) is 10.4. The van der Waals surface area contributed by atoms with Gasteiger partial charge in [0.2, 0.25) is 0 Å². The van der Waals surface area contributed by atoms with Gasteiger partial charge in [0, 0.05) is 12.0 Å². The number of aryl methyl sites for hydroxylation is 1. The third-order valence-electron chi connectivity index (χ3n) is 4.21. The van der Waals surface area contributed by atoms with Crippen molar-refractivity contribution in [2.75, 3.05) is 13.7 Å². The number of ether oxygens (including phenoxy) is 3. The lowest BCUT2D eigenvalue weighted by Crippen LogP contribution is -2.32. The molecule has 2 aromatic carbocycles. The standard InChI is InChI=1S/C20H24O4S/c1-14-8-10-16(11-9-14)25-19-17(24-20(22-2)18(19)21)13-23-12-15-6-4-3-5-7-15/h3-11,17-21H,12-13H2,1-2H3/t17-,18+,19-,20+/m1/s1. The second kappa shape index (κ2) is 8.83. The van der Waals surface area contributed by atoms with Gasteiger partial charge < -0.3 is 19.3 Å². The molecule has 0 unspecified atom stereocenters. The number of methoxy groups -OCH3 is 1. The lowest BCUT2D eigenvalue weighted by atomic mass is 10.2. The molecule has 1 fully saturated rings. The van der Waals surface area contributed by atoms with Crippen molar-refractivity contribution in [3.05, 3.63) is 65.7 Å². The molecule has 1 heterocycles. The van der Waals surface area contributed by atoms with Crippen molar-refractivity contribution < 1.29 is 19.3 Å². The maximum absolute atomic E-state index is 10.5. The Morgan fingerprint density at radius 3 is 2.48 bits per heavy atom. The van der Waals surface area contributed by atoms with Crippen molar-refractivity contribution in [2.45, 2.75) is 42.2 Å². The Morgan fingerprint density at radius 2 is 1.80 bits per heavy atom. The lowest BCUT2D eigenvalue weighted by Gasteiger charge is -2.19. The van der Waals surface area contributed by atoms with Gasteiger partial charge in [-0.2, -0.15) is 0 Å². The molecule has 0 bridgehead atoms. The van der Waals surface area contributed by atoms with Crippen LogP contribution in [-0.2, 0) is 20.8 Å². The first-order chi connectivity index (χ1) is 12.2. The second-order valence-electron chi connectivity index (χ2n) is 6.17. The highest BCUT2D eigenvalue weighted by atomic mass is 32.2. The molecule has 0 aromatic heterocycles. The van der Waals surface area contributed by atoms with Gasteiger partial charge >= 0.3 is 0 Å². The zero-order valence-corrected chi connectivity index (χ0v) is 15.3. The first-order valence-electron chi connectivity index (χ1n) is 8.38. The summed E-state index contributed by atoms with van der Waals surface area (Å²) in [6.07, 6.45) is -1.54. The molecule has 25 heavy (non-hydrogen) atoms. The number of thioether (sulfide) groups is 1. The normalized spacial score (nSPS) is 26.0. The Bertz CT molecular complexity index is 647. The van der Waals surface area contributed by atoms with Crippen LogP contribution in [0.1, 0.15) is 11.1 Å². The van der Waals surface area contributed by atoms with Crippen LogP contribution in [0.3, 0.4) is 0 Å². The largest absolute Gasteiger partial charge is 0.387 e. The van der Waals surface area contributed by atoms with E-state index in [2.05, 4.69) is 31.2 Å². The number of aliphatic hydroxyl groups is 1. The fourth-order valence-corrected chi connectivity index (χ4v) is 3.99. The van der Waals surface area contributed by atoms with Gasteiger partial charge in [-0.25, -0.2) is 0 Å². The van der Waals surface area contributed by atoms with Crippen LogP contribution >= 0.6 is 11.8 Å². The van der Waals surface area contributed by atoms with Gasteiger partial charge in [-0.3, -0.25) is 0 Å². The van der Waals surface area contributed by atoms with E-state index in [1.807, 2.05) is 30.3 Å². The molecule has 0 spiro atoms. The zero-order valence-electron chi connectivity index (χ0n) is 14.5. The molecule has 134 valence electrons. The molecule has 1 saturated heterocycles. The first-order valence-corrected chi connectivity index (χ1v) is 9.26. The van der Waals surface area contributed by atoms with Crippen LogP contribution in [0.4, 0.5) is 0 Å². The van der Waals surface area contributed by atoms with Crippen molar-refractivity contribution in [3.8, 4) is 0 Å². The fraction of sp³-hybridized carbons (Fsp3) is 0.400. The van der Waals surface area contributed by atoms with Gasteiger partial charge in [0.15, 0.2) is 6.29 Å². The number of aliphatic hydroxyl groups excluding tert-OH is 1. The SMILES string of the molecule is CO[C@H]1O[C@H](COCc2ccccc2)[C@@H](Sc2ccc(C)cc2)[C@@H]1O. The summed E-state index contributed by atoms with van der Waals surface area (Å²) in [4.78, 5) is 1.10. The molecule has 0 amide bonds. The number of hydrogen-bond donors (Lipinski definition) is 1. The van der Waals surface area contributed by atoms with E-state index in [-0.39, 0.29) is 11.4 Å². The summed E-state index contributed by atoms with van der Waals surface area (Å²) in [6.45, 7) is 2.99. The number of benzene rings is 2. The van der Waals surface area contributed by atoms with E-state index in [9.17, 15) is 5.11 Å². The Morgan fingerprint density at radius 1 is 1.08 bits per heavy atom. The van der Waals surface area contributed by atoms with Gasteiger partial charge in [-0.15, -0.1) is 11.8 Å². The second-order valence-corrected chi connectivity index (χ2v) is 7.42. The minimum absolute atomic E-state index is 0.136. The molecule has 0 radical (unpaired) electrons. The molecule has 4 nitrogen and oxygen atoms in total. The Hall–Kier alpha value is -1.37. The highest BCUT2D eigenvalue weighted by molar-refractivity contribution is 8.00. The molecule has 3 rings (SSSR count). The highest BCUT2D eigenvalue weighted by Crippen LogP contribution is 2.36. The Labute approximate surface area is 153 Å². The molecule has 1 aliphatic rings. The first kappa shape index (κ1) is 18.4. The van der Waals surface area contributed by atoms with Crippen LogP contribution < -0.4 is 0 Å². The van der Waals surface area contributed by atoms with Crippen molar-refractivity contribution >= 4 is 11.8 Å². The summed E-state index contributed by atoms with van der Waals surface area (Å²) < 4.78 is 16.9. The predicted molar refractivity (Wildman–Crippen MR) is 98.6 cm³/mol. The highest BCUT2D eigenvalue weighted by Gasteiger charge is 2.44. The zero-order chi connectivity index (χ0) is 17.6. The van der Waals surface area contributed by atoms with Crippen molar-refractivity contribution in [3.63, 3.8) is 0 Å². The van der Waals surface area contributed by atoms with Gasteiger partial charge in [0.1, 0.15) is 6.10 Å². The van der Waals surface area contributed by atoms with Crippen LogP contribution in [0.2, 0.25) is 0 Å². The number of rotatable bonds is 7. The maximum Gasteiger partial charge on any atom is 0.184 e. The van der Waals surface area contributed by atoms with Crippen molar-refractivity contribution in [1.82, 2.24) is 0 Å². The van der Waals surface area contributed by atoms with Crippen LogP contribution in [0.5, 0.6) is 0 Å². The fourth-order valence-electron chi connectivity index (χ4n) is 2.82. The smallest absolute Gasteiger partial charge is 0.184 e. The van der Waals surface area contributed by atoms with Gasteiger partial charge in [-0.05, 0) is 24.6 Å². The van der Waals surface area contributed by atoms with Crippen molar-refractivity contribution in [1.29, 1.82) is 0 Å². The van der Waals surface area contributed by atoms with Crippen LogP contribution in [0.15, 0.2) is 59.5 Å². The van der Waals surface area contributed by atoms with Crippen molar-refractivity contribution in [2.24, 2.45) is 0 Å². The molecule has 0 saturated carbocycles. The average Bonchev–Trinajstić information content (AvgIpc) is 2.93. The Kier molecular flexibility index (Phi) is 6.51. The molecular formula is C20H24O4S. The molecule has 2 aromatic rings. The maximum atomic E-state index is 10.5. The average molecular weight is 360 g/mol. The Balaban J connectivity index is 1.61. The minimum Gasteiger partial charge on any atom is -0.387 e. The molecular weight excluding hydrogens is 336 g/mol. The molecule has 1 N–H and O–H groups in total. The third kappa shape index (κ3) is 4.84. The molecule has 1 aliphatic heterocycles. The lowest BCUT2D eigenvalue weighted by molar-refractivity contribution is -0.156. The van der Waals surface area contributed by atoms with Crippen LogP contribution in [-0.4, -0.2) is 42.6 Å². The minimum atomic E-state index is -0.693. The molecule has 5 heteroatoms. The summed E-state index contributed by atoms with van der Waals surface area (Å²) >= 11 is 1.61. The van der Waals surface area contributed by atoms with E-state index >= 15 is 0 Å². The number of hydrogen-bond acceptors (Lipinski definition) is 5. The van der Waals surface area contributed by atoms with E-state index in [0.29, 0.717) is 13.2 Å². The van der Waals surface area contributed by atoms with Crippen LogP contribution in [0.25, 0.3) is 0 Å². The van der Waals surface area contributed by atoms with E-state index < -0.39 is 12.4 Å². The summed E-state index contributed by atoms with van der Waals surface area (Å²) in [7, 11) is 1.55. The summed E-state index contributed by atoms with van der Waals surface area (Å²) in [5.41, 5.74) is 2.33. The predicted octanol–water partition coefficient (Wildman–Crippen LogP) is 3.40. The quantitative estimate of drug-likeness (QED) is 0.820. The topological polar surface area (TPSA) is 47.9 Å². The summed E-state index contributed by atoms with van der Waals surface area (Å²) in [5.74, 6) is 0. The molecule has 0 aliphatic carbocycles.